The smallest absolute Gasteiger partial charge is 0.252 e. The molecule has 0 aliphatic heterocycles. The van der Waals surface area contributed by atoms with Gasteiger partial charge in [-0.25, -0.2) is 0 Å². The first kappa shape index (κ1) is 14.8. The second-order valence-electron chi connectivity index (χ2n) is 5.33. The fourth-order valence-electron chi connectivity index (χ4n) is 2.56. The molecule has 0 aliphatic rings. The standard InChI is InChI=1S/C19H17N3O/c20-18-17(19(21)23)10-5-11-22(18)13-14-6-4-9-16(12-14)15-7-2-1-3-8-15/h1-12,20H,13H2,(H2,21,23). The minimum atomic E-state index is -0.581. The highest BCUT2D eigenvalue weighted by atomic mass is 16.1. The minimum absolute atomic E-state index is 0.130. The van der Waals surface area contributed by atoms with Crippen molar-refractivity contribution < 1.29 is 4.79 Å². The van der Waals surface area contributed by atoms with Gasteiger partial charge in [-0.15, -0.1) is 0 Å². The van der Waals surface area contributed by atoms with Crippen molar-refractivity contribution in [3.63, 3.8) is 0 Å². The highest BCUT2D eigenvalue weighted by molar-refractivity contribution is 5.92. The lowest BCUT2D eigenvalue weighted by Crippen LogP contribution is -2.29. The summed E-state index contributed by atoms with van der Waals surface area (Å²) < 4.78 is 1.71. The van der Waals surface area contributed by atoms with Crippen molar-refractivity contribution in [3.05, 3.63) is 89.5 Å². The van der Waals surface area contributed by atoms with Crippen LogP contribution in [0.4, 0.5) is 0 Å². The zero-order chi connectivity index (χ0) is 16.2. The van der Waals surface area contributed by atoms with E-state index in [1.807, 2.05) is 30.3 Å². The number of nitrogens with two attached hydrogens (primary N) is 1. The molecule has 0 bridgehead atoms. The Hall–Kier alpha value is -3.14. The monoisotopic (exact) mass is 303 g/mol. The first-order chi connectivity index (χ1) is 11.1. The molecular formula is C19H17N3O. The Bertz CT molecular complexity index is 898. The maximum Gasteiger partial charge on any atom is 0.252 e. The number of hydrogen-bond donors (Lipinski definition) is 2. The summed E-state index contributed by atoms with van der Waals surface area (Å²) in [7, 11) is 0. The first-order valence-electron chi connectivity index (χ1n) is 7.33. The fourth-order valence-corrected chi connectivity index (χ4v) is 2.56. The molecule has 4 heteroatoms. The lowest BCUT2D eigenvalue weighted by Gasteiger charge is -2.10. The van der Waals surface area contributed by atoms with Gasteiger partial charge in [-0.1, -0.05) is 48.5 Å². The van der Waals surface area contributed by atoms with Gasteiger partial charge in [0.2, 0.25) is 0 Å². The van der Waals surface area contributed by atoms with Gasteiger partial charge >= 0.3 is 0 Å². The normalized spacial score (nSPS) is 10.4. The summed E-state index contributed by atoms with van der Waals surface area (Å²) in [6.07, 6.45) is 1.78. The van der Waals surface area contributed by atoms with Crippen LogP contribution in [0.15, 0.2) is 72.9 Å². The number of pyridine rings is 1. The SMILES string of the molecule is N=c1c(C(N)=O)cccn1Cc1cccc(-c2ccccc2)c1. The molecule has 0 saturated carbocycles. The molecule has 0 atom stereocenters. The van der Waals surface area contributed by atoms with Crippen LogP contribution >= 0.6 is 0 Å². The van der Waals surface area contributed by atoms with Crippen molar-refractivity contribution in [2.45, 2.75) is 6.54 Å². The van der Waals surface area contributed by atoms with E-state index >= 15 is 0 Å². The highest BCUT2D eigenvalue weighted by Gasteiger charge is 2.06. The number of carbonyl (C=O) groups is 1. The Morgan fingerprint density at radius 1 is 0.957 bits per heavy atom. The second kappa shape index (κ2) is 6.32. The number of benzene rings is 2. The largest absolute Gasteiger partial charge is 0.365 e. The fraction of sp³-hybridized carbons (Fsp3) is 0.0526. The van der Waals surface area contributed by atoms with Gasteiger partial charge in [0.15, 0.2) is 0 Å². The summed E-state index contributed by atoms with van der Waals surface area (Å²) in [5, 5.41) is 8.11. The van der Waals surface area contributed by atoms with Crippen molar-refractivity contribution in [1.82, 2.24) is 4.57 Å². The molecule has 1 heterocycles. The Balaban J connectivity index is 1.94. The Morgan fingerprint density at radius 2 is 1.70 bits per heavy atom. The van der Waals surface area contributed by atoms with Crippen molar-refractivity contribution in [2.75, 3.05) is 0 Å². The van der Waals surface area contributed by atoms with Crippen LogP contribution in [0, 0.1) is 5.41 Å². The molecule has 0 fully saturated rings. The van der Waals surface area contributed by atoms with Crippen LogP contribution in [0.3, 0.4) is 0 Å². The predicted molar refractivity (Wildman–Crippen MR) is 89.8 cm³/mol. The van der Waals surface area contributed by atoms with Gasteiger partial charge in [0.1, 0.15) is 5.49 Å². The molecule has 23 heavy (non-hydrogen) atoms. The quantitative estimate of drug-likeness (QED) is 0.764. The van der Waals surface area contributed by atoms with Crippen LogP contribution in [0.25, 0.3) is 11.1 Å². The van der Waals surface area contributed by atoms with Gasteiger partial charge in [0.25, 0.3) is 5.91 Å². The predicted octanol–water partition coefficient (Wildman–Crippen LogP) is 2.78. The average Bonchev–Trinajstić information content (AvgIpc) is 2.57. The molecule has 2 aromatic carbocycles. The van der Waals surface area contributed by atoms with E-state index in [1.54, 1.807) is 22.9 Å². The summed E-state index contributed by atoms with van der Waals surface area (Å²) in [4.78, 5) is 11.4. The van der Waals surface area contributed by atoms with Gasteiger partial charge < -0.3 is 10.3 Å². The van der Waals surface area contributed by atoms with Crippen LogP contribution in [0.1, 0.15) is 15.9 Å². The number of amides is 1. The average molecular weight is 303 g/mol. The van der Waals surface area contributed by atoms with E-state index in [0.717, 1.165) is 16.7 Å². The van der Waals surface area contributed by atoms with Gasteiger partial charge in [-0.05, 0) is 34.9 Å². The molecule has 4 nitrogen and oxygen atoms in total. The Morgan fingerprint density at radius 3 is 2.43 bits per heavy atom. The van der Waals surface area contributed by atoms with Crippen molar-refractivity contribution >= 4 is 5.91 Å². The van der Waals surface area contributed by atoms with E-state index < -0.39 is 5.91 Å². The van der Waals surface area contributed by atoms with Crippen LogP contribution in [0.2, 0.25) is 0 Å². The molecule has 114 valence electrons. The third kappa shape index (κ3) is 3.21. The molecule has 3 N–H and O–H groups in total. The topological polar surface area (TPSA) is 71.9 Å². The number of nitrogens with zero attached hydrogens (tertiary/aromatic N) is 1. The number of rotatable bonds is 4. The molecule has 3 aromatic rings. The molecule has 1 amide bonds. The van der Waals surface area contributed by atoms with Crippen molar-refractivity contribution in [2.24, 2.45) is 5.73 Å². The van der Waals surface area contributed by atoms with Gasteiger partial charge in [-0.2, -0.15) is 0 Å². The molecule has 0 aliphatic carbocycles. The van der Waals surface area contributed by atoms with E-state index in [-0.39, 0.29) is 11.1 Å². The minimum Gasteiger partial charge on any atom is -0.365 e. The Kier molecular flexibility index (Phi) is 4.06. The number of aromatic nitrogens is 1. The van der Waals surface area contributed by atoms with Crippen molar-refractivity contribution in [3.8, 4) is 11.1 Å². The number of carbonyl (C=O) groups excluding carboxylic acids is 1. The van der Waals surface area contributed by atoms with E-state index in [1.165, 1.54) is 0 Å². The zero-order valence-corrected chi connectivity index (χ0v) is 12.6. The van der Waals surface area contributed by atoms with Crippen molar-refractivity contribution in [1.29, 1.82) is 5.41 Å². The maximum absolute atomic E-state index is 11.4. The van der Waals surface area contributed by atoms with Gasteiger partial charge in [-0.3, -0.25) is 10.2 Å². The molecule has 0 spiro atoms. The van der Waals surface area contributed by atoms with E-state index in [0.29, 0.717) is 6.54 Å². The molecule has 0 unspecified atom stereocenters. The third-order valence-electron chi connectivity index (χ3n) is 3.72. The second-order valence-corrected chi connectivity index (χ2v) is 5.33. The maximum atomic E-state index is 11.4. The number of primary amides is 1. The molecule has 1 aromatic heterocycles. The summed E-state index contributed by atoms with van der Waals surface area (Å²) in [5.41, 5.74) is 9.00. The zero-order valence-electron chi connectivity index (χ0n) is 12.6. The number of hydrogen-bond acceptors (Lipinski definition) is 2. The summed E-state index contributed by atoms with van der Waals surface area (Å²) in [5.74, 6) is -0.581. The summed E-state index contributed by atoms with van der Waals surface area (Å²) in [6, 6.07) is 21.6. The lowest BCUT2D eigenvalue weighted by molar-refractivity contribution is 0.0998. The molecule has 3 rings (SSSR count). The van der Waals surface area contributed by atoms with Gasteiger partial charge in [0.05, 0.1) is 5.56 Å². The van der Waals surface area contributed by atoms with E-state index in [2.05, 4.69) is 24.3 Å². The van der Waals surface area contributed by atoms with Crippen LogP contribution in [0.5, 0.6) is 0 Å². The van der Waals surface area contributed by atoms with Crippen LogP contribution < -0.4 is 11.2 Å². The molecule has 0 saturated heterocycles. The molecular weight excluding hydrogens is 286 g/mol. The Labute approximate surface area is 134 Å². The summed E-state index contributed by atoms with van der Waals surface area (Å²) in [6.45, 7) is 0.515. The lowest BCUT2D eigenvalue weighted by atomic mass is 10.0. The first-order valence-corrected chi connectivity index (χ1v) is 7.33. The number of nitrogens with one attached hydrogen (secondary N) is 1. The van der Waals surface area contributed by atoms with E-state index in [9.17, 15) is 4.79 Å². The van der Waals surface area contributed by atoms with Gasteiger partial charge in [0, 0.05) is 12.7 Å². The van der Waals surface area contributed by atoms with E-state index in [4.69, 9.17) is 11.1 Å². The summed E-state index contributed by atoms with van der Waals surface area (Å²) >= 11 is 0. The van der Waals surface area contributed by atoms with Crippen LogP contribution in [-0.2, 0) is 6.54 Å². The van der Waals surface area contributed by atoms with Crippen LogP contribution in [-0.4, -0.2) is 10.5 Å². The highest BCUT2D eigenvalue weighted by Crippen LogP contribution is 2.20. The third-order valence-corrected chi connectivity index (χ3v) is 3.72. The molecule has 0 radical (unpaired) electrons.